The molecule has 0 radical (unpaired) electrons. The van der Waals surface area contributed by atoms with Crippen molar-refractivity contribution >= 4 is 29.5 Å². The molecule has 0 amide bonds. The summed E-state index contributed by atoms with van der Waals surface area (Å²) < 4.78 is 0. The molecule has 0 aliphatic carbocycles. The van der Waals surface area contributed by atoms with Crippen molar-refractivity contribution in [1.82, 2.24) is 0 Å². The average molecular weight is 452 g/mol. The minimum Gasteiger partial charge on any atom is -0.379 e. The first-order valence-electron chi connectivity index (χ1n) is 11.6. The first-order chi connectivity index (χ1) is 15.7. The summed E-state index contributed by atoms with van der Waals surface area (Å²) >= 11 is 0. The van der Waals surface area contributed by atoms with Crippen LogP contribution < -0.4 is 21.2 Å². The number of anilines is 1. The third-order valence-corrected chi connectivity index (χ3v) is 8.24. The number of para-hydroxylation sites is 1. The molecule has 0 unspecified atom stereocenters. The van der Waals surface area contributed by atoms with E-state index in [1.54, 1.807) is 0 Å². The molecule has 0 spiro atoms. The molecule has 4 rings (SSSR count). The molecule has 2 heteroatoms. The zero-order chi connectivity index (χ0) is 23.6. The van der Waals surface area contributed by atoms with E-state index < -0.39 is 7.92 Å². The van der Waals surface area contributed by atoms with Gasteiger partial charge in [-0.25, -0.2) is 0 Å². The fourth-order valence-corrected chi connectivity index (χ4v) is 7.06. The summed E-state index contributed by atoms with van der Waals surface area (Å²) in [5, 5.41) is 8.02. The van der Waals surface area contributed by atoms with Gasteiger partial charge in [0.1, 0.15) is 0 Å². The lowest BCUT2D eigenvalue weighted by Gasteiger charge is -2.30. The molecule has 0 aromatic heterocycles. The monoisotopic (exact) mass is 451 g/mol. The SMILES string of the molecule is Cc1cc(C)c(-c2cccc(P(c3ccccc3)c3ccccc3)c2NC(C)(C)C)c(C)c1. The third-order valence-electron chi connectivity index (χ3n) is 5.76. The highest BCUT2D eigenvalue weighted by molar-refractivity contribution is 7.80. The molecule has 0 aliphatic rings. The van der Waals surface area contributed by atoms with Crippen LogP contribution in [0.15, 0.2) is 91.0 Å². The largest absolute Gasteiger partial charge is 0.379 e. The van der Waals surface area contributed by atoms with Crippen LogP contribution in [0.4, 0.5) is 5.69 Å². The summed E-state index contributed by atoms with van der Waals surface area (Å²) in [5.74, 6) is 0. The van der Waals surface area contributed by atoms with Gasteiger partial charge >= 0.3 is 0 Å². The molecule has 0 atom stereocenters. The van der Waals surface area contributed by atoms with Crippen molar-refractivity contribution in [1.29, 1.82) is 0 Å². The second-order valence-electron chi connectivity index (χ2n) is 9.85. The molecule has 0 bridgehead atoms. The van der Waals surface area contributed by atoms with Gasteiger partial charge in [0, 0.05) is 16.4 Å². The second kappa shape index (κ2) is 9.54. The molecule has 168 valence electrons. The quantitative estimate of drug-likeness (QED) is 0.315. The van der Waals surface area contributed by atoms with E-state index >= 15 is 0 Å². The van der Waals surface area contributed by atoms with Gasteiger partial charge in [0.25, 0.3) is 0 Å². The zero-order valence-corrected chi connectivity index (χ0v) is 21.5. The molecular weight excluding hydrogens is 417 g/mol. The van der Waals surface area contributed by atoms with Crippen LogP contribution in [0.25, 0.3) is 11.1 Å². The highest BCUT2D eigenvalue weighted by atomic mass is 31.1. The Morgan fingerprint density at radius 3 is 1.64 bits per heavy atom. The Morgan fingerprint density at radius 1 is 0.636 bits per heavy atom. The van der Waals surface area contributed by atoms with Crippen LogP contribution in [0.3, 0.4) is 0 Å². The van der Waals surface area contributed by atoms with E-state index in [1.807, 2.05) is 0 Å². The normalized spacial score (nSPS) is 11.6. The van der Waals surface area contributed by atoms with Crippen molar-refractivity contribution in [3.8, 4) is 11.1 Å². The smallest absolute Gasteiger partial charge is 0.0508 e. The molecule has 0 saturated heterocycles. The first-order valence-corrected chi connectivity index (χ1v) is 13.0. The predicted molar refractivity (Wildman–Crippen MR) is 148 cm³/mol. The maximum absolute atomic E-state index is 3.92. The zero-order valence-electron chi connectivity index (χ0n) is 20.6. The topological polar surface area (TPSA) is 12.0 Å². The van der Waals surface area contributed by atoms with Crippen LogP contribution in [-0.2, 0) is 0 Å². The van der Waals surface area contributed by atoms with E-state index in [4.69, 9.17) is 0 Å². The third kappa shape index (κ3) is 5.21. The van der Waals surface area contributed by atoms with Gasteiger partial charge in [0.2, 0.25) is 0 Å². The number of benzene rings is 4. The molecular formula is C31H34NP. The Kier molecular flexibility index (Phi) is 6.73. The van der Waals surface area contributed by atoms with Gasteiger partial charge in [-0.1, -0.05) is 96.6 Å². The van der Waals surface area contributed by atoms with Crippen molar-refractivity contribution in [2.24, 2.45) is 0 Å². The van der Waals surface area contributed by atoms with Crippen LogP contribution in [0.1, 0.15) is 37.5 Å². The number of rotatable bonds is 5. The number of aryl methyl sites for hydroxylation is 3. The van der Waals surface area contributed by atoms with E-state index in [-0.39, 0.29) is 5.54 Å². The summed E-state index contributed by atoms with van der Waals surface area (Å²) in [5.41, 5.74) is 7.77. The Hall–Kier alpha value is -2.89. The molecule has 33 heavy (non-hydrogen) atoms. The molecule has 1 nitrogen and oxygen atoms in total. The van der Waals surface area contributed by atoms with Crippen molar-refractivity contribution in [2.75, 3.05) is 5.32 Å². The van der Waals surface area contributed by atoms with Crippen molar-refractivity contribution in [3.63, 3.8) is 0 Å². The van der Waals surface area contributed by atoms with Crippen LogP contribution in [0.2, 0.25) is 0 Å². The van der Waals surface area contributed by atoms with Crippen LogP contribution in [0.5, 0.6) is 0 Å². The summed E-state index contributed by atoms with van der Waals surface area (Å²) in [6.45, 7) is 13.4. The lowest BCUT2D eigenvalue weighted by Crippen LogP contribution is -2.31. The minimum atomic E-state index is -0.714. The maximum atomic E-state index is 3.92. The Morgan fingerprint density at radius 2 is 1.15 bits per heavy atom. The summed E-state index contributed by atoms with van der Waals surface area (Å²) in [6, 6.07) is 33.4. The molecule has 0 fully saturated rings. The average Bonchev–Trinajstić information content (AvgIpc) is 2.76. The summed E-state index contributed by atoms with van der Waals surface area (Å²) in [4.78, 5) is 0. The van der Waals surface area contributed by atoms with Gasteiger partial charge in [-0.3, -0.25) is 0 Å². The highest BCUT2D eigenvalue weighted by Gasteiger charge is 2.25. The molecule has 4 aromatic carbocycles. The number of nitrogens with one attached hydrogen (secondary N) is 1. The Bertz CT molecular complexity index is 1170. The molecule has 0 saturated carbocycles. The molecule has 0 heterocycles. The summed E-state index contributed by atoms with van der Waals surface area (Å²) in [7, 11) is -0.714. The van der Waals surface area contributed by atoms with Gasteiger partial charge in [-0.15, -0.1) is 0 Å². The van der Waals surface area contributed by atoms with Crippen LogP contribution in [-0.4, -0.2) is 5.54 Å². The highest BCUT2D eigenvalue weighted by Crippen LogP contribution is 2.42. The van der Waals surface area contributed by atoms with Crippen molar-refractivity contribution in [2.45, 2.75) is 47.1 Å². The van der Waals surface area contributed by atoms with Gasteiger partial charge in [-0.2, -0.15) is 0 Å². The van der Waals surface area contributed by atoms with Gasteiger partial charge in [0.15, 0.2) is 0 Å². The molecule has 4 aromatic rings. The van der Waals surface area contributed by atoms with Gasteiger partial charge in [0.05, 0.1) is 5.69 Å². The Balaban J connectivity index is 2.03. The number of hydrogen-bond donors (Lipinski definition) is 1. The van der Waals surface area contributed by atoms with Crippen LogP contribution in [0, 0.1) is 20.8 Å². The summed E-state index contributed by atoms with van der Waals surface area (Å²) in [6.07, 6.45) is 0. The standard InChI is InChI=1S/C31H34NP/c1-22-20-23(2)29(24(3)21-22)27-18-13-19-28(30(27)32-31(4,5)6)33(25-14-9-7-10-15-25)26-16-11-8-12-17-26/h7-21,32H,1-6H3. The van der Waals surface area contributed by atoms with E-state index in [9.17, 15) is 0 Å². The molecule has 0 aliphatic heterocycles. The second-order valence-corrected chi connectivity index (χ2v) is 12.0. The fourth-order valence-electron chi connectivity index (χ4n) is 4.63. The fraction of sp³-hybridized carbons (Fsp3) is 0.226. The van der Waals surface area contributed by atoms with E-state index in [0.29, 0.717) is 0 Å². The van der Waals surface area contributed by atoms with Gasteiger partial charge < -0.3 is 5.32 Å². The van der Waals surface area contributed by atoms with E-state index in [0.717, 1.165) is 0 Å². The van der Waals surface area contributed by atoms with Gasteiger partial charge in [-0.05, 0) is 76.8 Å². The maximum Gasteiger partial charge on any atom is 0.0508 e. The van der Waals surface area contributed by atoms with Crippen molar-refractivity contribution < 1.29 is 0 Å². The lowest BCUT2D eigenvalue weighted by atomic mass is 9.92. The molecule has 1 N–H and O–H groups in total. The minimum absolute atomic E-state index is 0.0638. The van der Waals surface area contributed by atoms with Crippen molar-refractivity contribution in [3.05, 3.63) is 108 Å². The van der Waals surface area contributed by atoms with E-state index in [2.05, 4.69) is 138 Å². The number of hydrogen-bond acceptors (Lipinski definition) is 1. The first kappa shape index (κ1) is 23.3. The Labute approximate surface area is 200 Å². The predicted octanol–water partition coefficient (Wildman–Crippen LogP) is 7.25. The lowest BCUT2D eigenvalue weighted by molar-refractivity contribution is 0.635. The van der Waals surface area contributed by atoms with E-state index in [1.165, 1.54) is 49.4 Å². The van der Waals surface area contributed by atoms with Crippen LogP contribution >= 0.6 is 7.92 Å².